The number of amidine groups is 1. The second-order valence-corrected chi connectivity index (χ2v) is 2.63. The van der Waals surface area contributed by atoms with Gasteiger partial charge in [-0.1, -0.05) is 12.1 Å². The van der Waals surface area contributed by atoms with Crippen LogP contribution >= 0.6 is 0 Å². The van der Waals surface area contributed by atoms with Crippen LogP contribution < -0.4 is 5.48 Å². The number of hydrogen-bond donors (Lipinski definition) is 3. The Morgan fingerprint density at radius 1 is 1.43 bits per heavy atom. The summed E-state index contributed by atoms with van der Waals surface area (Å²) in [4.78, 5) is 14.6. The Morgan fingerprint density at radius 2 is 2.07 bits per heavy atom. The van der Waals surface area contributed by atoms with Gasteiger partial charge >= 0.3 is 5.97 Å². The molecule has 0 aliphatic rings. The van der Waals surface area contributed by atoms with Crippen molar-refractivity contribution in [2.24, 2.45) is 4.99 Å². The minimum Gasteiger partial charge on any atom is -0.478 e. The lowest BCUT2D eigenvalue weighted by Crippen LogP contribution is -2.14. The predicted molar refractivity (Wildman–Crippen MR) is 51.1 cm³/mol. The summed E-state index contributed by atoms with van der Waals surface area (Å²) in [5, 5.41) is 17.3. The molecule has 5 heteroatoms. The number of aliphatic imine (C=N–C) groups is 1. The summed E-state index contributed by atoms with van der Waals surface area (Å²) in [6.07, 6.45) is 0. The lowest BCUT2D eigenvalue weighted by atomic mass is 10.2. The van der Waals surface area contributed by atoms with Crippen LogP contribution in [0.25, 0.3) is 0 Å². The highest BCUT2D eigenvalue weighted by molar-refractivity contribution is 5.95. The molecular weight excluding hydrogens is 184 g/mol. The molecule has 14 heavy (non-hydrogen) atoms. The summed E-state index contributed by atoms with van der Waals surface area (Å²) in [5.41, 5.74) is 2.24. The maximum Gasteiger partial charge on any atom is 0.337 e. The van der Waals surface area contributed by atoms with Gasteiger partial charge in [-0.2, -0.15) is 0 Å². The van der Waals surface area contributed by atoms with E-state index in [2.05, 4.69) is 4.99 Å². The first-order chi connectivity index (χ1) is 6.65. The number of hydrogen-bond acceptors (Lipinski definition) is 3. The Hall–Kier alpha value is -1.88. The third kappa shape index (κ3) is 2.30. The van der Waals surface area contributed by atoms with Crippen molar-refractivity contribution in [1.82, 2.24) is 5.48 Å². The SMILES string of the molecule is CC(=Nc1ccccc1C(=O)O)NO. The van der Waals surface area contributed by atoms with Crippen molar-refractivity contribution >= 4 is 17.5 Å². The molecule has 0 saturated carbocycles. The van der Waals surface area contributed by atoms with E-state index in [0.29, 0.717) is 5.69 Å². The van der Waals surface area contributed by atoms with Crippen LogP contribution in [0.15, 0.2) is 29.3 Å². The number of benzene rings is 1. The first-order valence-corrected chi connectivity index (χ1v) is 3.93. The molecule has 0 atom stereocenters. The Balaban J connectivity index is 3.14. The first-order valence-electron chi connectivity index (χ1n) is 3.93. The Morgan fingerprint density at radius 3 is 2.64 bits per heavy atom. The third-order valence-electron chi connectivity index (χ3n) is 1.58. The molecule has 1 rings (SSSR count). The summed E-state index contributed by atoms with van der Waals surface area (Å²) >= 11 is 0. The van der Waals surface area contributed by atoms with Crippen LogP contribution in [0, 0.1) is 0 Å². The van der Waals surface area contributed by atoms with Gasteiger partial charge in [-0.3, -0.25) is 10.7 Å². The minimum absolute atomic E-state index is 0.0992. The highest BCUT2D eigenvalue weighted by atomic mass is 16.5. The van der Waals surface area contributed by atoms with Gasteiger partial charge in [-0.25, -0.2) is 9.79 Å². The smallest absolute Gasteiger partial charge is 0.337 e. The molecule has 0 aliphatic carbocycles. The second-order valence-electron chi connectivity index (χ2n) is 2.63. The average Bonchev–Trinajstić information content (AvgIpc) is 2.18. The first kappa shape index (κ1) is 10.2. The van der Waals surface area contributed by atoms with Gasteiger partial charge in [-0.15, -0.1) is 0 Å². The molecule has 74 valence electrons. The molecule has 0 radical (unpaired) electrons. The van der Waals surface area contributed by atoms with Crippen molar-refractivity contribution in [3.05, 3.63) is 29.8 Å². The Kier molecular flexibility index (Phi) is 3.19. The third-order valence-corrected chi connectivity index (χ3v) is 1.58. The summed E-state index contributed by atoms with van der Waals surface area (Å²) < 4.78 is 0. The van der Waals surface area contributed by atoms with Gasteiger partial charge in [0.2, 0.25) is 0 Å². The molecule has 3 N–H and O–H groups in total. The van der Waals surface area contributed by atoms with E-state index in [1.165, 1.54) is 13.0 Å². The maximum atomic E-state index is 10.7. The fraction of sp³-hybridized carbons (Fsp3) is 0.111. The number of rotatable bonds is 2. The van der Waals surface area contributed by atoms with Crippen LogP contribution in [0.2, 0.25) is 0 Å². The van der Waals surface area contributed by atoms with E-state index in [1.807, 2.05) is 5.48 Å². The van der Waals surface area contributed by atoms with Gasteiger partial charge in [-0.05, 0) is 19.1 Å². The normalized spacial score (nSPS) is 11.1. The minimum atomic E-state index is -1.05. The van der Waals surface area contributed by atoms with E-state index in [4.69, 9.17) is 10.3 Å². The summed E-state index contributed by atoms with van der Waals surface area (Å²) in [7, 11) is 0. The number of nitrogens with zero attached hydrogens (tertiary/aromatic N) is 1. The molecule has 0 bridgehead atoms. The van der Waals surface area contributed by atoms with Gasteiger partial charge in [0.25, 0.3) is 0 Å². The van der Waals surface area contributed by atoms with E-state index in [-0.39, 0.29) is 11.4 Å². The summed E-state index contributed by atoms with van der Waals surface area (Å²) in [6, 6.07) is 6.30. The molecule has 0 saturated heterocycles. The number of carboxylic acids is 1. The van der Waals surface area contributed by atoms with Crippen LogP contribution in [-0.2, 0) is 0 Å². The lowest BCUT2D eigenvalue weighted by molar-refractivity contribution is 0.0698. The summed E-state index contributed by atoms with van der Waals surface area (Å²) in [6.45, 7) is 1.53. The van der Waals surface area contributed by atoms with E-state index < -0.39 is 5.97 Å². The Labute approximate surface area is 80.7 Å². The van der Waals surface area contributed by atoms with Crippen molar-refractivity contribution in [3.63, 3.8) is 0 Å². The molecule has 0 aliphatic heterocycles. The van der Waals surface area contributed by atoms with E-state index >= 15 is 0 Å². The largest absolute Gasteiger partial charge is 0.478 e. The van der Waals surface area contributed by atoms with Crippen molar-refractivity contribution in [2.75, 3.05) is 0 Å². The number of aromatic carboxylic acids is 1. The predicted octanol–water partition coefficient (Wildman–Crippen LogP) is 1.41. The standard InChI is InChI=1S/C9H10N2O3/c1-6(11-14)10-8-5-3-2-4-7(8)9(12)13/h2-5,14H,1H3,(H,10,11)(H,12,13). The molecule has 0 aromatic heterocycles. The molecule has 0 amide bonds. The molecule has 0 fully saturated rings. The molecule has 0 spiro atoms. The number of nitrogens with one attached hydrogen (secondary N) is 1. The maximum absolute atomic E-state index is 10.7. The average molecular weight is 194 g/mol. The second kappa shape index (κ2) is 4.38. The zero-order valence-electron chi connectivity index (χ0n) is 7.56. The molecular formula is C9H10N2O3. The van der Waals surface area contributed by atoms with E-state index in [1.54, 1.807) is 18.2 Å². The fourth-order valence-electron chi connectivity index (χ4n) is 0.958. The number of hydroxylamine groups is 1. The van der Waals surface area contributed by atoms with Gasteiger partial charge < -0.3 is 5.11 Å². The highest BCUT2D eigenvalue weighted by Gasteiger charge is 2.07. The topological polar surface area (TPSA) is 81.9 Å². The molecule has 0 heterocycles. The Bertz CT molecular complexity index is 374. The number of carbonyl (C=O) groups is 1. The number of carboxylic acid groups (broad SMARTS) is 1. The van der Waals surface area contributed by atoms with Crippen molar-refractivity contribution < 1.29 is 15.1 Å². The summed E-state index contributed by atoms with van der Waals surface area (Å²) in [5.74, 6) is -0.811. The van der Waals surface area contributed by atoms with Crippen LogP contribution in [0.1, 0.15) is 17.3 Å². The quantitative estimate of drug-likeness (QED) is 0.377. The molecule has 1 aromatic carbocycles. The zero-order valence-corrected chi connectivity index (χ0v) is 7.56. The zero-order chi connectivity index (χ0) is 10.6. The van der Waals surface area contributed by atoms with E-state index in [0.717, 1.165) is 0 Å². The van der Waals surface area contributed by atoms with Gasteiger partial charge in [0.15, 0.2) is 0 Å². The monoisotopic (exact) mass is 194 g/mol. The molecule has 0 unspecified atom stereocenters. The lowest BCUT2D eigenvalue weighted by Gasteiger charge is -2.01. The number of para-hydroxylation sites is 1. The fourth-order valence-corrected chi connectivity index (χ4v) is 0.958. The van der Waals surface area contributed by atoms with Crippen molar-refractivity contribution in [1.29, 1.82) is 0 Å². The van der Waals surface area contributed by atoms with E-state index in [9.17, 15) is 4.79 Å². The van der Waals surface area contributed by atoms with Gasteiger partial charge in [0, 0.05) is 0 Å². The van der Waals surface area contributed by atoms with Gasteiger partial charge in [0.1, 0.15) is 5.84 Å². The van der Waals surface area contributed by atoms with Crippen molar-refractivity contribution in [3.8, 4) is 0 Å². The van der Waals surface area contributed by atoms with Crippen LogP contribution in [0.5, 0.6) is 0 Å². The van der Waals surface area contributed by atoms with Crippen LogP contribution in [0.4, 0.5) is 5.69 Å². The molecule has 5 nitrogen and oxygen atoms in total. The highest BCUT2D eigenvalue weighted by Crippen LogP contribution is 2.18. The van der Waals surface area contributed by atoms with Gasteiger partial charge in [0.05, 0.1) is 11.3 Å². The van der Waals surface area contributed by atoms with Crippen LogP contribution in [0.3, 0.4) is 0 Å². The van der Waals surface area contributed by atoms with Crippen molar-refractivity contribution in [2.45, 2.75) is 6.92 Å². The molecule has 1 aromatic rings. The van der Waals surface area contributed by atoms with Crippen LogP contribution in [-0.4, -0.2) is 22.1 Å².